The first-order valence-electron chi connectivity index (χ1n) is 9.05. The van der Waals surface area contributed by atoms with E-state index in [4.69, 9.17) is 16.2 Å². The summed E-state index contributed by atoms with van der Waals surface area (Å²) < 4.78 is 5.91. The topological polar surface area (TPSA) is 102 Å². The van der Waals surface area contributed by atoms with E-state index < -0.39 is 0 Å². The molecule has 0 saturated heterocycles. The van der Waals surface area contributed by atoms with Gasteiger partial charge in [0.05, 0.1) is 11.4 Å². The minimum atomic E-state index is 0.0670. The fourth-order valence-corrected chi connectivity index (χ4v) is 3.01. The number of hydrogen-bond acceptors (Lipinski definition) is 5. The van der Waals surface area contributed by atoms with Gasteiger partial charge in [-0.1, -0.05) is 36.4 Å². The monoisotopic (exact) mass is 384 g/mol. The lowest BCUT2D eigenvalue weighted by atomic mass is 10.0. The number of rotatable bonds is 4. The van der Waals surface area contributed by atoms with Gasteiger partial charge in [0.2, 0.25) is 0 Å². The first-order chi connectivity index (χ1) is 14.0. The number of benzene rings is 4. The van der Waals surface area contributed by atoms with Crippen LogP contribution in [-0.4, -0.2) is 10.2 Å². The molecule has 144 valence electrons. The van der Waals surface area contributed by atoms with Crippen molar-refractivity contribution < 1.29 is 14.9 Å². The maximum Gasteiger partial charge on any atom is 0.139 e. The van der Waals surface area contributed by atoms with E-state index >= 15 is 0 Å². The van der Waals surface area contributed by atoms with Gasteiger partial charge in [-0.3, -0.25) is 0 Å². The van der Waals surface area contributed by atoms with E-state index in [0.29, 0.717) is 22.9 Å². The van der Waals surface area contributed by atoms with E-state index in [9.17, 15) is 10.2 Å². The maximum absolute atomic E-state index is 9.77. The van der Waals surface area contributed by atoms with E-state index in [-0.39, 0.29) is 11.5 Å². The molecular formula is C24H20N2O3. The Bertz CT molecular complexity index is 1060. The first kappa shape index (κ1) is 18.3. The molecule has 0 amide bonds. The van der Waals surface area contributed by atoms with Gasteiger partial charge in [-0.05, 0) is 70.8 Å². The van der Waals surface area contributed by atoms with E-state index in [2.05, 4.69) is 0 Å². The normalized spacial score (nSPS) is 10.6. The van der Waals surface area contributed by atoms with Gasteiger partial charge in [0.15, 0.2) is 0 Å². The zero-order chi connectivity index (χ0) is 20.4. The predicted octanol–water partition coefficient (Wildman–Crippen LogP) is 5.39. The molecule has 0 aliphatic heterocycles. The second kappa shape index (κ2) is 7.48. The van der Waals surface area contributed by atoms with E-state index in [1.807, 2.05) is 60.7 Å². The van der Waals surface area contributed by atoms with Crippen molar-refractivity contribution >= 4 is 11.4 Å². The molecule has 0 radical (unpaired) electrons. The maximum atomic E-state index is 9.77. The van der Waals surface area contributed by atoms with Crippen molar-refractivity contribution in [3.63, 3.8) is 0 Å². The molecule has 0 atom stereocenters. The van der Waals surface area contributed by atoms with Crippen molar-refractivity contribution in [2.24, 2.45) is 0 Å². The number of aromatic hydroxyl groups is 2. The van der Waals surface area contributed by atoms with Crippen molar-refractivity contribution in [2.75, 3.05) is 11.5 Å². The molecule has 5 heteroatoms. The SMILES string of the molecule is Nc1ccc(-c2ccc(Oc3ccc(-c4ccc(N)c(O)c4)cc3)cc2)cc1O. The molecule has 6 N–H and O–H groups in total. The standard InChI is InChI=1S/C24H20N2O3/c25-21-11-5-17(13-23(21)27)15-1-7-19(8-2-15)29-20-9-3-16(4-10-20)18-6-12-22(26)24(28)14-18/h1-14,27-28H,25-26H2. The highest BCUT2D eigenvalue weighted by Gasteiger charge is 2.05. The van der Waals surface area contributed by atoms with Crippen LogP contribution in [0.15, 0.2) is 84.9 Å². The fraction of sp³-hybridized carbons (Fsp3) is 0. The molecule has 0 fully saturated rings. The summed E-state index contributed by atoms with van der Waals surface area (Å²) in [5.41, 5.74) is 15.7. The molecule has 4 aromatic carbocycles. The lowest BCUT2D eigenvalue weighted by Crippen LogP contribution is -1.88. The molecule has 0 aliphatic carbocycles. The van der Waals surface area contributed by atoms with E-state index in [1.165, 1.54) is 0 Å². The number of ether oxygens (including phenoxy) is 1. The van der Waals surface area contributed by atoms with Crippen LogP contribution in [0.25, 0.3) is 22.3 Å². The Kier molecular flexibility index (Phi) is 4.71. The average Bonchev–Trinajstić information content (AvgIpc) is 2.73. The van der Waals surface area contributed by atoms with Crippen LogP contribution in [0.3, 0.4) is 0 Å². The van der Waals surface area contributed by atoms with Crippen LogP contribution >= 0.6 is 0 Å². The van der Waals surface area contributed by atoms with Gasteiger partial charge in [-0.25, -0.2) is 0 Å². The zero-order valence-corrected chi connectivity index (χ0v) is 15.5. The molecule has 0 bridgehead atoms. The molecule has 0 aliphatic rings. The highest BCUT2D eigenvalue weighted by atomic mass is 16.5. The number of phenols is 2. The summed E-state index contributed by atoms with van der Waals surface area (Å²) in [5.74, 6) is 1.53. The van der Waals surface area contributed by atoms with Gasteiger partial charge < -0.3 is 26.4 Å². The van der Waals surface area contributed by atoms with Gasteiger partial charge in [0.1, 0.15) is 23.0 Å². The van der Waals surface area contributed by atoms with Gasteiger partial charge >= 0.3 is 0 Å². The quantitative estimate of drug-likeness (QED) is 0.279. The Morgan fingerprint density at radius 1 is 0.483 bits per heavy atom. The number of hydrogen-bond donors (Lipinski definition) is 4. The van der Waals surface area contributed by atoms with E-state index in [1.54, 1.807) is 24.3 Å². The van der Waals surface area contributed by atoms with Crippen molar-refractivity contribution in [1.82, 2.24) is 0 Å². The second-order valence-electron chi connectivity index (χ2n) is 6.70. The van der Waals surface area contributed by atoms with Crippen molar-refractivity contribution in [3.8, 4) is 45.3 Å². The average molecular weight is 384 g/mol. The molecule has 0 spiro atoms. The van der Waals surface area contributed by atoms with Gasteiger partial charge in [-0.15, -0.1) is 0 Å². The Balaban J connectivity index is 1.49. The molecular weight excluding hydrogens is 364 g/mol. The van der Waals surface area contributed by atoms with Crippen molar-refractivity contribution in [3.05, 3.63) is 84.9 Å². The molecule has 5 nitrogen and oxygen atoms in total. The number of nitrogen functional groups attached to an aromatic ring is 2. The van der Waals surface area contributed by atoms with Gasteiger partial charge in [0, 0.05) is 0 Å². The third kappa shape index (κ3) is 3.94. The molecule has 4 aromatic rings. The summed E-state index contributed by atoms with van der Waals surface area (Å²) in [6.45, 7) is 0. The largest absolute Gasteiger partial charge is 0.506 e. The molecule has 0 unspecified atom stereocenters. The van der Waals surface area contributed by atoms with Crippen LogP contribution in [0, 0.1) is 0 Å². The summed E-state index contributed by atoms with van der Waals surface area (Å²) in [6.07, 6.45) is 0. The van der Waals surface area contributed by atoms with Gasteiger partial charge in [0.25, 0.3) is 0 Å². The van der Waals surface area contributed by atoms with Crippen LogP contribution in [0.2, 0.25) is 0 Å². The molecule has 0 heterocycles. The Morgan fingerprint density at radius 3 is 1.17 bits per heavy atom. The van der Waals surface area contributed by atoms with Crippen molar-refractivity contribution in [1.29, 1.82) is 0 Å². The third-order valence-corrected chi connectivity index (χ3v) is 4.67. The van der Waals surface area contributed by atoms with Crippen LogP contribution in [-0.2, 0) is 0 Å². The van der Waals surface area contributed by atoms with Crippen LogP contribution in [0.1, 0.15) is 0 Å². The molecule has 29 heavy (non-hydrogen) atoms. The van der Waals surface area contributed by atoms with Crippen LogP contribution < -0.4 is 16.2 Å². The third-order valence-electron chi connectivity index (χ3n) is 4.67. The second-order valence-corrected chi connectivity index (χ2v) is 6.70. The summed E-state index contributed by atoms with van der Waals surface area (Å²) in [6, 6.07) is 25.5. The highest BCUT2D eigenvalue weighted by molar-refractivity contribution is 5.71. The number of nitrogens with two attached hydrogens (primary N) is 2. The van der Waals surface area contributed by atoms with Crippen LogP contribution in [0.4, 0.5) is 11.4 Å². The Hall–Kier alpha value is -4.12. The summed E-state index contributed by atoms with van der Waals surface area (Å²) in [5, 5.41) is 19.5. The summed E-state index contributed by atoms with van der Waals surface area (Å²) in [7, 11) is 0. The molecule has 0 aromatic heterocycles. The lowest BCUT2D eigenvalue weighted by molar-refractivity contribution is 0.477. The van der Waals surface area contributed by atoms with E-state index in [0.717, 1.165) is 22.3 Å². The lowest BCUT2D eigenvalue weighted by Gasteiger charge is -2.09. The molecule has 0 saturated carbocycles. The number of phenolic OH excluding ortho intramolecular Hbond substituents is 2. The Morgan fingerprint density at radius 2 is 0.828 bits per heavy atom. The Labute approximate surface area is 168 Å². The first-order valence-corrected chi connectivity index (χ1v) is 9.05. The minimum Gasteiger partial charge on any atom is -0.506 e. The number of anilines is 2. The van der Waals surface area contributed by atoms with Gasteiger partial charge in [-0.2, -0.15) is 0 Å². The molecule has 4 rings (SSSR count). The van der Waals surface area contributed by atoms with Crippen molar-refractivity contribution in [2.45, 2.75) is 0 Å². The zero-order valence-electron chi connectivity index (χ0n) is 15.5. The highest BCUT2D eigenvalue weighted by Crippen LogP contribution is 2.32. The minimum absolute atomic E-state index is 0.0670. The summed E-state index contributed by atoms with van der Waals surface area (Å²) in [4.78, 5) is 0. The predicted molar refractivity (Wildman–Crippen MR) is 116 cm³/mol. The fourth-order valence-electron chi connectivity index (χ4n) is 3.01. The smallest absolute Gasteiger partial charge is 0.139 e. The van der Waals surface area contributed by atoms with Crippen LogP contribution in [0.5, 0.6) is 23.0 Å². The summed E-state index contributed by atoms with van der Waals surface area (Å²) >= 11 is 0.